The standard InChI is InChI=1S/C17H19N3O6/c1-18-13(21)9-19(2)14(22)10-26-15(23)7-8-20-16(24)11-5-3-4-6-12(11)17(20)25/h3-6H,7-10H2,1-2H3,(H,18,21). The van der Waals surface area contributed by atoms with E-state index in [1.165, 1.54) is 14.1 Å². The van der Waals surface area contributed by atoms with E-state index >= 15 is 0 Å². The number of fused-ring (bicyclic) bond motifs is 1. The van der Waals surface area contributed by atoms with E-state index in [2.05, 4.69) is 5.32 Å². The number of rotatable bonds is 7. The summed E-state index contributed by atoms with van der Waals surface area (Å²) in [6.45, 7) is -0.802. The van der Waals surface area contributed by atoms with Crippen LogP contribution in [0.5, 0.6) is 0 Å². The lowest BCUT2D eigenvalue weighted by atomic mass is 10.1. The predicted molar refractivity (Wildman–Crippen MR) is 89.1 cm³/mol. The van der Waals surface area contributed by atoms with Crippen LogP contribution in [-0.4, -0.2) is 73.2 Å². The van der Waals surface area contributed by atoms with Crippen LogP contribution in [0.25, 0.3) is 0 Å². The maximum absolute atomic E-state index is 12.2. The second kappa shape index (κ2) is 8.24. The lowest BCUT2D eigenvalue weighted by Crippen LogP contribution is -2.39. The minimum Gasteiger partial charge on any atom is -0.456 e. The molecule has 138 valence electrons. The maximum atomic E-state index is 12.2. The monoisotopic (exact) mass is 361 g/mol. The first-order valence-electron chi connectivity index (χ1n) is 7.90. The number of benzene rings is 1. The van der Waals surface area contributed by atoms with Gasteiger partial charge in [0, 0.05) is 20.6 Å². The third kappa shape index (κ3) is 4.24. The number of carbonyl (C=O) groups is 5. The SMILES string of the molecule is CNC(=O)CN(C)C(=O)COC(=O)CCN1C(=O)c2ccccc2C1=O. The smallest absolute Gasteiger partial charge is 0.308 e. The Balaban J connectivity index is 1.79. The van der Waals surface area contributed by atoms with Crippen molar-refractivity contribution >= 4 is 29.6 Å². The molecule has 26 heavy (non-hydrogen) atoms. The van der Waals surface area contributed by atoms with Gasteiger partial charge in [-0.2, -0.15) is 0 Å². The number of hydrogen-bond donors (Lipinski definition) is 1. The topological polar surface area (TPSA) is 113 Å². The minimum absolute atomic E-state index is 0.131. The number of nitrogens with zero attached hydrogens (tertiary/aromatic N) is 2. The van der Waals surface area contributed by atoms with E-state index in [1.54, 1.807) is 24.3 Å². The molecule has 1 aliphatic heterocycles. The fraction of sp³-hybridized carbons (Fsp3) is 0.353. The van der Waals surface area contributed by atoms with Crippen LogP contribution < -0.4 is 5.32 Å². The van der Waals surface area contributed by atoms with Crippen molar-refractivity contribution in [2.24, 2.45) is 0 Å². The molecule has 0 bridgehead atoms. The summed E-state index contributed by atoms with van der Waals surface area (Å²) in [5.41, 5.74) is 0.605. The highest BCUT2D eigenvalue weighted by atomic mass is 16.5. The number of imide groups is 1. The first kappa shape index (κ1) is 19.1. The van der Waals surface area contributed by atoms with Gasteiger partial charge in [0.25, 0.3) is 17.7 Å². The lowest BCUT2D eigenvalue weighted by Gasteiger charge is -2.16. The molecule has 0 aromatic heterocycles. The molecule has 1 aromatic rings. The Morgan fingerprint density at radius 3 is 2.23 bits per heavy atom. The molecule has 9 nitrogen and oxygen atoms in total. The van der Waals surface area contributed by atoms with Crippen molar-refractivity contribution in [3.05, 3.63) is 35.4 Å². The van der Waals surface area contributed by atoms with Crippen molar-refractivity contribution in [3.63, 3.8) is 0 Å². The molecule has 1 aromatic carbocycles. The van der Waals surface area contributed by atoms with Crippen molar-refractivity contribution in [2.45, 2.75) is 6.42 Å². The van der Waals surface area contributed by atoms with Crippen LogP contribution in [0.3, 0.4) is 0 Å². The Kier molecular flexibility index (Phi) is 6.05. The zero-order valence-electron chi connectivity index (χ0n) is 14.5. The first-order valence-corrected chi connectivity index (χ1v) is 7.90. The average Bonchev–Trinajstić information content (AvgIpc) is 2.88. The lowest BCUT2D eigenvalue weighted by molar-refractivity contribution is -0.152. The summed E-state index contributed by atoms with van der Waals surface area (Å²) in [5, 5.41) is 2.37. The van der Waals surface area contributed by atoms with E-state index in [9.17, 15) is 24.0 Å². The van der Waals surface area contributed by atoms with Crippen LogP contribution in [0.4, 0.5) is 0 Å². The highest BCUT2D eigenvalue weighted by Gasteiger charge is 2.35. The van der Waals surface area contributed by atoms with Gasteiger partial charge in [-0.1, -0.05) is 12.1 Å². The zero-order valence-corrected chi connectivity index (χ0v) is 14.5. The largest absolute Gasteiger partial charge is 0.456 e. The van der Waals surface area contributed by atoms with E-state index < -0.39 is 30.3 Å². The Labute approximate surface area is 149 Å². The van der Waals surface area contributed by atoms with Crippen LogP contribution in [0, 0.1) is 0 Å². The van der Waals surface area contributed by atoms with Crippen molar-refractivity contribution in [3.8, 4) is 0 Å². The highest BCUT2D eigenvalue weighted by Crippen LogP contribution is 2.22. The van der Waals surface area contributed by atoms with Gasteiger partial charge < -0.3 is 15.0 Å². The Morgan fingerprint density at radius 2 is 1.69 bits per heavy atom. The number of ether oxygens (including phenoxy) is 1. The molecule has 0 radical (unpaired) electrons. The van der Waals surface area contributed by atoms with Crippen molar-refractivity contribution < 1.29 is 28.7 Å². The van der Waals surface area contributed by atoms with E-state index in [-0.39, 0.29) is 25.4 Å². The van der Waals surface area contributed by atoms with Gasteiger partial charge in [-0.3, -0.25) is 28.9 Å². The summed E-state index contributed by atoms with van der Waals surface area (Å²) < 4.78 is 4.84. The van der Waals surface area contributed by atoms with Crippen LogP contribution in [0.15, 0.2) is 24.3 Å². The molecule has 0 saturated heterocycles. The molecule has 1 aliphatic rings. The first-order chi connectivity index (χ1) is 12.3. The molecule has 0 fully saturated rings. The summed E-state index contributed by atoms with van der Waals surface area (Å²) in [5.74, 6) is -2.52. The fourth-order valence-corrected chi connectivity index (χ4v) is 2.35. The number of carbonyl (C=O) groups excluding carboxylic acids is 5. The van der Waals surface area contributed by atoms with Gasteiger partial charge in [0.05, 0.1) is 24.1 Å². The highest BCUT2D eigenvalue weighted by molar-refractivity contribution is 6.21. The maximum Gasteiger partial charge on any atom is 0.308 e. The van der Waals surface area contributed by atoms with Crippen molar-refractivity contribution in [2.75, 3.05) is 33.8 Å². The van der Waals surface area contributed by atoms with E-state index in [0.29, 0.717) is 11.1 Å². The predicted octanol–water partition coefficient (Wildman–Crippen LogP) is -0.580. The summed E-state index contributed by atoms with van der Waals surface area (Å²) in [7, 11) is 2.85. The normalized spacial score (nSPS) is 12.6. The quantitative estimate of drug-likeness (QED) is 0.514. The van der Waals surface area contributed by atoms with Gasteiger partial charge in [-0.15, -0.1) is 0 Å². The molecule has 2 rings (SSSR count). The van der Waals surface area contributed by atoms with Crippen molar-refractivity contribution in [1.82, 2.24) is 15.1 Å². The number of hydrogen-bond acceptors (Lipinski definition) is 6. The van der Waals surface area contributed by atoms with Gasteiger partial charge in [0.1, 0.15) is 0 Å². The fourth-order valence-electron chi connectivity index (χ4n) is 2.35. The minimum atomic E-state index is -0.719. The van der Waals surface area contributed by atoms with Gasteiger partial charge in [0.15, 0.2) is 6.61 Å². The van der Waals surface area contributed by atoms with E-state index in [1.807, 2.05) is 0 Å². The average molecular weight is 361 g/mol. The van der Waals surface area contributed by atoms with Crippen LogP contribution in [-0.2, 0) is 19.1 Å². The zero-order chi connectivity index (χ0) is 19.3. The molecular weight excluding hydrogens is 342 g/mol. The number of likely N-dealkylation sites (N-methyl/N-ethyl adjacent to an activating group) is 2. The van der Waals surface area contributed by atoms with E-state index in [0.717, 1.165) is 9.80 Å². The molecule has 0 unspecified atom stereocenters. The Morgan fingerprint density at radius 1 is 1.12 bits per heavy atom. The molecule has 0 aliphatic carbocycles. The second-order valence-electron chi connectivity index (χ2n) is 5.64. The molecule has 0 saturated carbocycles. The second-order valence-corrected chi connectivity index (χ2v) is 5.64. The molecule has 0 atom stereocenters. The summed E-state index contributed by atoms with van der Waals surface area (Å²) in [6, 6.07) is 6.41. The number of amides is 4. The third-order valence-corrected chi connectivity index (χ3v) is 3.86. The summed E-state index contributed by atoms with van der Waals surface area (Å²) >= 11 is 0. The molecule has 1 N–H and O–H groups in total. The third-order valence-electron chi connectivity index (χ3n) is 3.86. The van der Waals surface area contributed by atoms with Gasteiger partial charge >= 0.3 is 5.97 Å². The summed E-state index contributed by atoms with van der Waals surface area (Å²) in [4.78, 5) is 61.1. The molecule has 1 heterocycles. The van der Waals surface area contributed by atoms with Gasteiger partial charge in [-0.05, 0) is 12.1 Å². The van der Waals surface area contributed by atoms with Gasteiger partial charge in [-0.25, -0.2) is 0 Å². The van der Waals surface area contributed by atoms with Crippen LogP contribution in [0.1, 0.15) is 27.1 Å². The molecular formula is C17H19N3O6. The number of esters is 1. The van der Waals surface area contributed by atoms with E-state index in [4.69, 9.17) is 4.74 Å². The van der Waals surface area contributed by atoms with Gasteiger partial charge in [0.2, 0.25) is 5.91 Å². The van der Waals surface area contributed by atoms with Crippen LogP contribution in [0.2, 0.25) is 0 Å². The van der Waals surface area contributed by atoms with Crippen LogP contribution >= 0.6 is 0 Å². The van der Waals surface area contributed by atoms with Crippen molar-refractivity contribution in [1.29, 1.82) is 0 Å². The number of nitrogens with one attached hydrogen (secondary N) is 1. The Bertz CT molecular complexity index is 726. The molecule has 0 spiro atoms. The Hall–Kier alpha value is -3.23. The molecule has 4 amide bonds. The molecule has 9 heteroatoms. The summed E-state index contributed by atoms with van der Waals surface area (Å²) in [6.07, 6.45) is -0.224.